The van der Waals surface area contributed by atoms with Crippen LogP contribution < -0.4 is 14.8 Å². The summed E-state index contributed by atoms with van der Waals surface area (Å²) in [5.74, 6) is -1.37. The Morgan fingerprint density at radius 3 is 2.51 bits per heavy atom. The summed E-state index contributed by atoms with van der Waals surface area (Å²) in [6.45, 7) is 3.79. The Hall–Kier alpha value is -3.18. The molecule has 2 unspecified atom stereocenters. The van der Waals surface area contributed by atoms with Gasteiger partial charge in [-0.1, -0.05) is 17.7 Å². The van der Waals surface area contributed by atoms with E-state index in [1.165, 1.54) is 0 Å². The number of hydrogen-bond acceptors (Lipinski definition) is 6. The highest BCUT2D eigenvalue weighted by Gasteiger charge is 2.43. The molecule has 0 radical (unpaired) electrons. The minimum Gasteiger partial charge on any atom is -0.489 e. The van der Waals surface area contributed by atoms with E-state index in [4.69, 9.17) is 25.8 Å². The Bertz CT molecular complexity index is 1140. The minimum atomic E-state index is -5.14. The van der Waals surface area contributed by atoms with E-state index in [1.54, 1.807) is 47.4 Å². The average Bonchev–Trinajstić information content (AvgIpc) is 3.57. The van der Waals surface area contributed by atoms with E-state index >= 15 is 0 Å². The van der Waals surface area contributed by atoms with Crippen molar-refractivity contribution < 1.29 is 37.0 Å². The van der Waals surface area contributed by atoms with Gasteiger partial charge in [-0.25, -0.2) is 9.59 Å². The summed E-state index contributed by atoms with van der Waals surface area (Å²) in [4.78, 5) is 27.8. The van der Waals surface area contributed by atoms with Gasteiger partial charge in [0.2, 0.25) is 0 Å². The quantitative estimate of drug-likeness (QED) is 0.414. The van der Waals surface area contributed by atoms with Crippen LogP contribution in [0.1, 0.15) is 24.8 Å². The molecule has 0 saturated carbocycles. The Morgan fingerprint density at radius 2 is 1.82 bits per heavy atom. The second-order valence-corrected chi connectivity index (χ2v) is 10.1. The molecule has 0 aromatic heterocycles. The summed E-state index contributed by atoms with van der Waals surface area (Å²) in [5, 5.41) is 3.39. The number of ether oxygens (including phenoxy) is 3. The molecular weight excluding hydrogens is 539 g/mol. The van der Waals surface area contributed by atoms with Gasteiger partial charge in [-0.3, -0.25) is 4.90 Å². The first-order valence-electron chi connectivity index (χ1n) is 12.8. The zero-order valence-corrected chi connectivity index (χ0v) is 22.3. The van der Waals surface area contributed by atoms with Crippen molar-refractivity contribution in [3.05, 3.63) is 53.1 Å². The summed E-state index contributed by atoms with van der Waals surface area (Å²) in [6, 6.07) is 11.8. The smallest absolute Gasteiger partial charge is 0.489 e. The second kappa shape index (κ2) is 12.8. The molecule has 2 aliphatic heterocycles. The lowest BCUT2D eigenvalue weighted by Gasteiger charge is -2.25. The zero-order chi connectivity index (χ0) is 28.0. The molecular formula is C27H31ClF3N3O5. The normalized spacial score (nSPS) is 18.6. The number of carbonyl (C=O) groups excluding carboxylic acids is 2. The molecule has 2 amide bonds. The molecule has 12 heteroatoms. The number of alkyl halides is 3. The molecule has 2 aromatic carbocycles. The van der Waals surface area contributed by atoms with Crippen LogP contribution in [0.15, 0.2) is 42.5 Å². The molecule has 4 rings (SSSR count). The maximum atomic E-state index is 13.0. The molecule has 212 valence electrons. The fraction of sp³-hybridized carbons (Fsp3) is 0.481. The molecule has 2 aliphatic rings. The Labute approximate surface area is 229 Å². The monoisotopic (exact) mass is 569 g/mol. The number of likely N-dealkylation sites (tertiary alicyclic amines) is 2. The summed E-state index contributed by atoms with van der Waals surface area (Å²) < 4.78 is 55.7. The predicted molar refractivity (Wildman–Crippen MR) is 139 cm³/mol. The first-order valence-corrected chi connectivity index (χ1v) is 13.2. The molecule has 0 aliphatic carbocycles. The highest BCUT2D eigenvalue weighted by Crippen LogP contribution is 2.28. The molecule has 2 atom stereocenters. The van der Waals surface area contributed by atoms with Gasteiger partial charge in [0.05, 0.1) is 5.69 Å². The van der Waals surface area contributed by atoms with Crippen molar-refractivity contribution in [3.63, 3.8) is 0 Å². The van der Waals surface area contributed by atoms with Crippen molar-refractivity contribution in [2.45, 2.75) is 44.6 Å². The standard InChI is InChI=1S/C27H31ClF3N3O5/c1-18-4-9-23(32-26(36)34-11-2-3-12-34)24(14-18)37-17-22(39-25(35)27(29,30)31)16-33-13-10-21(15-33)38-20-7-5-19(28)6-8-20/h4-9,14,21-22H,2-3,10-13,15-17H2,1H3,(H,32,36). The van der Waals surface area contributed by atoms with E-state index in [2.05, 4.69) is 5.32 Å². The molecule has 0 spiro atoms. The van der Waals surface area contributed by atoms with Gasteiger partial charge in [-0.05, 0) is 68.1 Å². The van der Waals surface area contributed by atoms with Crippen molar-refractivity contribution in [2.75, 3.05) is 44.6 Å². The Kier molecular flexibility index (Phi) is 9.45. The number of urea groups is 1. The first-order chi connectivity index (χ1) is 18.6. The molecule has 2 saturated heterocycles. The van der Waals surface area contributed by atoms with Crippen LogP contribution in [-0.2, 0) is 9.53 Å². The number of amides is 2. The number of benzene rings is 2. The maximum absolute atomic E-state index is 13.0. The number of hydrogen-bond donors (Lipinski definition) is 1. The van der Waals surface area contributed by atoms with E-state index in [0.29, 0.717) is 49.1 Å². The number of halogens is 4. The predicted octanol–water partition coefficient (Wildman–Crippen LogP) is 5.28. The van der Waals surface area contributed by atoms with E-state index in [-0.39, 0.29) is 31.0 Å². The lowest BCUT2D eigenvalue weighted by Crippen LogP contribution is -2.41. The van der Waals surface area contributed by atoms with Crippen LogP contribution in [0.25, 0.3) is 0 Å². The molecule has 39 heavy (non-hydrogen) atoms. The van der Waals surface area contributed by atoms with Gasteiger partial charge in [0.25, 0.3) is 0 Å². The summed E-state index contributed by atoms with van der Waals surface area (Å²) in [6.07, 6.45) is -4.03. The van der Waals surface area contributed by atoms with Gasteiger partial charge in [0, 0.05) is 37.7 Å². The molecule has 0 bridgehead atoms. The van der Waals surface area contributed by atoms with Gasteiger partial charge >= 0.3 is 18.2 Å². The lowest BCUT2D eigenvalue weighted by molar-refractivity contribution is -0.206. The molecule has 2 aromatic rings. The van der Waals surface area contributed by atoms with Gasteiger partial charge in [0.1, 0.15) is 30.3 Å². The van der Waals surface area contributed by atoms with Crippen LogP contribution in [0, 0.1) is 6.92 Å². The number of carbonyl (C=O) groups is 2. The van der Waals surface area contributed by atoms with Gasteiger partial charge in [-0.2, -0.15) is 13.2 Å². The van der Waals surface area contributed by atoms with Gasteiger partial charge in [0.15, 0.2) is 0 Å². The fourth-order valence-electron chi connectivity index (χ4n) is 4.54. The van der Waals surface area contributed by atoms with Gasteiger partial charge < -0.3 is 24.4 Å². The zero-order valence-electron chi connectivity index (χ0n) is 21.5. The van der Waals surface area contributed by atoms with Crippen LogP contribution in [-0.4, -0.2) is 79.5 Å². The third-order valence-corrected chi connectivity index (χ3v) is 6.76. The molecule has 8 nitrogen and oxygen atoms in total. The number of anilines is 1. The Balaban J connectivity index is 1.40. The summed E-state index contributed by atoms with van der Waals surface area (Å²) >= 11 is 5.91. The van der Waals surface area contributed by atoms with Crippen molar-refractivity contribution in [3.8, 4) is 11.5 Å². The second-order valence-electron chi connectivity index (χ2n) is 9.70. The van der Waals surface area contributed by atoms with E-state index in [9.17, 15) is 22.8 Å². The Morgan fingerprint density at radius 1 is 1.10 bits per heavy atom. The van der Waals surface area contributed by atoms with Crippen molar-refractivity contribution >= 4 is 29.3 Å². The number of nitrogens with one attached hydrogen (secondary N) is 1. The topological polar surface area (TPSA) is 80.3 Å². The lowest BCUT2D eigenvalue weighted by atomic mass is 10.2. The SMILES string of the molecule is Cc1ccc(NC(=O)N2CCCC2)c(OCC(CN2CCC(Oc3ccc(Cl)cc3)C2)OC(=O)C(F)(F)F)c1. The fourth-order valence-corrected chi connectivity index (χ4v) is 4.67. The van der Waals surface area contributed by atoms with Crippen LogP contribution >= 0.6 is 11.6 Å². The average molecular weight is 570 g/mol. The molecule has 2 heterocycles. The molecule has 2 fully saturated rings. The van der Waals surface area contributed by atoms with Gasteiger partial charge in [-0.15, -0.1) is 0 Å². The van der Waals surface area contributed by atoms with E-state index < -0.39 is 18.2 Å². The summed E-state index contributed by atoms with van der Waals surface area (Å²) in [5.41, 5.74) is 1.21. The highest BCUT2D eigenvalue weighted by molar-refractivity contribution is 6.30. The summed E-state index contributed by atoms with van der Waals surface area (Å²) in [7, 11) is 0. The number of esters is 1. The third kappa shape index (κ3) is 8.40. The van der Waals surface area contributed by atoms with E-state index in [0.717, 1.165) is 18.4 Å². The maximum Gasteiger partial charge on any atom is 0.490 e. The van der Waals surface area contributed by atoms with Crippen LogP contribution in [0.5, 0.6) is 11.5 Å². The highest BCUT2D eigenvalue weighted by atomic mass is 35.5. The number of aryl methyl sites for hydroxylation is 1. The largest absolute Gasteiger partial charge is 0.490 e. The van der Waals surface area contributed by atoms with Crippen LogP contribution in [0.3, 0.4) is 0 Å². The molecule has 1 N–H and O–H groups in total. The van der Waals surface area contributed by atoms with Crippen LogP contribution in [0.2, 0.25) is 5.02 Å². The van der Waals surface area contributed by atoms with E-state index in [1.807, 2.05) is 11.8 Å². The first kappa shape index (κ1) is 28.8. The van der Waals surface area contributed by atoms with Crippen molar-refractivity contribution in [1.29, 1.82) is 0 Å². The number of rotatable bonds is 9. The third-order valence-electron chi connectivity index (χ3n) is 6.51. The van der Waals surface area contributed by atoms with Crippen LogP contribution in [0.4, 0.5) is 23.7 Å². The van der Waals surface area contributed by atoms with Crippen molar-refractivity contribution in [2.24, 2.45) is 0 Å². The van der Waals surface area contributed by atoms with Crippen molar-refractivity contribution in [1.82, 2.24) is 9.80 Å². The number of nitrogens with zero attached hydrogens (tertiary/aromatic N) is 2. The minimum absolute atomic E-state index is 0.0174.